The van der Waals surface area contributed by atoms with Crippen LogP contribution in [0.1, 0.15) is 15.2 Å². The van der Waals surface area contributed by atoms with Crippen molar-refractivity contribution in [3.63, 3.8) is 0 Å². The number of ether oxygens (including phenoxy) is 1. The van der Waals surface area contributed by atoms with Gasteiger partial charge in [-0.1, -0.05) is 18.2 Å². The Bertz CT molecular complexity index is 731. The van der Waals surface area contributed by atoms with Crippen molar-refractivity contribution >= 4 is 45.8 Å². The first-order chi connectivity index (χ1) is 12.1. The summed E-state index contributed by atoms with van der Waals surface area (Å²) in [6, 6.07) is 10.6. The van der Waals surface area contributed by atoms with Crippen LogP contribution >= 0.6 is 23.1 Å². The number of hydrogen-bond acceptors (Lipinski definition) is 6. The van der Waals surface area contributed by atoms with E-state index in [4.69, 9.17) is 4.74 Å². The fourth-order valence-corrected chi connectivity index (χ4v) is 4.41. The molecule has 25 heavy (non-hydrogen) atoms. The molecule has 1 heterocycles. The minimum Gasteiger partial charge on any atom is -0.452 e. The van der Waals surface area contributed by atoms with Gasteiger partial charge in [-0.25, -0.2) is 4.79 Å². The molecule has 0 saturated carbocycles. The molecule has 0 spiro atoms. The first-order valence-electron chi connectivity index (χ1n) is 7.54. The molecule has 0 radical (unpaired) electrons. The summed E-state index contributed by atoms with van der Waals surface area (Å²) in [5.74, 6) is 0.719. The Morgan fingerprint density at radius 3 is 2.76 bits per heavy atom. The highest BCUT2D eigenvalue weighted by Gasteiger charge is 2.15. The van der Waals surface area contributed by atoms with Gasteiger partial charge in [0, 0.05) is 29.2 Å². The lowest BCUT2D eigenvalue weighted by Gasteiger charge is -2.08. The van der Waals surface area contributed by atoms with Crippen LogP contribution in [-0.2, 0) is 26.1 Å². The summed E-state index contributed by atoms with van der Waals surface area (Å²) in [5.41, 5.74) is 0.225. The van der Waals surface area contributed by atoms with E-state index in [1.54, 1.807) is 41.3 Å². The normalized spacial score (nSPS) is 11.7. The van der Waals surface area contributed by atoms with Crippen molar-refractivity contribution in [3.05, 3.63) is 52.2 Å². The zero-order valence-corrected chi connectivity index (χ0v) is 16.2. The molecule has 2 rings (SSSR count). The van der Waals surface area contributed by atoms with Gasteiger partial charge in [-0.05, 0) is 23.6 Å². The number of hydrogen-bond donors (Lipinski definition) is 1. The van der Waals surface area contributed by atoms with Gasteiger partial charge in [0.1, 0.15) is 0 Å². The van der Waals surface area contributed by atoms with Gasteiger partial charge in [0.25, 0.3) is 5.91 Å². The molecule has 0 fully saturated rings. The summed E-state index contributed by atoms with van der Waals surface area (Å²) in [4.78, 5) is 25.5. The Hall–Kier alpha value is -1.64. The summed E-state index contributed by atoms with van der Waals surface area (Å²) >= 11 is 3.45. The van der Waals surface area contributed by atoms with Crippen LogP contribution in [0.2, 0.25) is 0 Å². The minimum absolute atomic E-state index is 0.225. The fraction of sp³-hybridized carbons (Fsp3) is 0.294. The first-order valence-corrected chi connectivity index (χ1v) is 11.1. The predicted octanol–water partition coefficient (Wildman–Crippen LogP) is 2.69. The maximum Gasteiger partial charge on any atom is 0.339 e. The Morgan fingerprint density at radius 2 is 2.04 bits per heavy atom. The van der Waals surface area contributed by atoms with Gasteiger partial charge in [-0.15, -0.1) is 11.3 Å². The first kappa shape index (κ1) is 19.7. The van der Waals surface area contributed by atoms with Crippen LogP contribution in [0.4, 0.5) is 0 Å². The number of carbonyl (C=O) groups excluding carboxylic acids is 2. The number of thiophene rings is 1. The van der Waals surface area contributed by atoms with Gasteiger partial charge in [-0.2, -0.15) is 11.8 Å². The van der Waals surface area contributed by atoms with Gasteiger partial charge in [0.05, 0.1) is 21.3 Å². The molecule has 0 aliphatic rings. The highest BCUT2D eigenvalue weighted by molar-refractivity contribution is 7.98. The molecule has 5 nitrogen and oxygen atoms in total. The van der Waals surface area contributed by atoms with E-state index in [0.717, 1.165) is 11.5 Å². The van der Waals surface area contributed by atoms with Crippen LogP contribution in [0.5, 0.6) is 0 Å². The molecule has 1 aromatic carbocycles. The minimum atomic E-state index is -1.30. The molecule has 0 saturated heterocycles. The average molecular weight is 398 g/mol. The van der Waals surface area contributed by atoms with Crippen molar-refractivity contribution in [2.24, 2.45) is 0 Å². The third-order valence-corrected chi connectivity index (χ3v) is 6.19. The molecular formula is C17H19NO4S3. The Labute approximate surface area is 157 Å². The zero-order chi connectivity index (χ0) is 18.1. The fourth-order valence-electron chi connectivity index (χ4n) is 1.98. The van der Waals surface area contributed by atoms with E-state index >= 15 is 0 Å². The van der Waals surface area contributed by atoms with Gasteiger partial charge >= 0.3 is 5.97 Å². The Kier molecular flexibility index (Phi) is 8.17. The highest BCUT2D eigenvalue weighted by Crippen LogP contribution is 2.16. The zero-order valence-electron chi connectivity index (χ0n) is 13.7. The number of nitrogens with one attached hydrogen (secondary N) is 1. The van der Waals surface area contributed by atoms with Gasteiger partial charge in [0.15, 0.2) is 6.61 Å². The summed E-state index contributed by atoms with van der Waals surface area (Å²) in [6.07, 6.45) is 1.49. The predicted molar refractivity (Wildman–Crippen MR) is 103 cm³/mol. The van der Waals surface area contributed by atoms with Crippen LogP contribution in [0.15, 0.2) is 46.7 Å². The average Bonchev–Trinajstić information content (AvgIpc) is 3.12. The van der Waals surface area contributed by atoms with Crippen LogP contribution in [0, 0.1) is 0 Å². The smallest absolute Gasteiger partial charge is 0.339 e. The van der Waals surface area contributed by atoms with Crippen molar-refractivity contribution in [2.45, 2.75) is 10.6 Å². The maximum absolute atomic E-state index is 12.0. The van der Waals surface area contributed by atoms with Crippen LogP contribution in [0.3, 0.4) is 0 Å². The van der Waals surface area contributed by atoms with Crippen molar-refractivity contribution < 1.29 is 18.5 Å². The molecule has 1 N–H and O–H groups in total. The number of amides is 1. The van der Waals surface area contributed by atoms with E-state index < -0.39 is 16.8 Å². The highest BCUT2D eigenvalue weighted by atomic mass is 32.2. The lowest BCUT2D eigenvalue weighted by atomic mass is 10.2. The van der Waals surface area contributed by atoms with Gasteiger partial charge < -0.3 is 10.1 Å². The molecule has 134 valence electrons. The van der Waals surface area contributed by atoms with E-state index in [1.165, 1.54) is 17.2 Å². The third kappa shape index (κ3) is 6.64. The van der Waals surface area contributed by atoms with Crippen molar-refractivity contribution in [3.8, 4) is 0 Å². The lowest BCUT2D eigenvalue weighted by molar-refractivity contribution is -0.124. The van der Waals surface area contributed by atoms with Crippen molar-refractivity contribution in [1.82, 2.24) is 5.32 Å². The van der Waals surface area contributed by atoms with Crippen LogP contribution in [0.25, 0.3) is 0 Å². The van der Waals surface area contributed by atoms with E-state index in [1.807, 2.05) is 11.4 Å². The molecule has 1 amide bonds. The number of thioether (sulfide) groups is 1. The SMILES string of the molecule is C[S@](=O)c1ccccc1C(=O)OCC(=O)NCCSCc1cccs1. The number of carbonyl (C=O) groups is 2. The molecule has 8 heteroatoms. The summed E-state index contributed by atoms with van der Waals surface area (Å²) in [6.45, 7) is 0.168. The number of benzene rings is 1. The standard InChI is InChI=1S/C17H19NO4S3/c1-25(21)15-7-3-2-6-14(15)17(20)22-11-16(19)18-8-10-23-12-13-5-4-9-24-13/h2-7,9H,8,10-12H2,1H3,(H,18,19)/t25-/m0/s1. The maximum atomic E-state index is 12.0. The molecular weight excluding hydrogens is 378 g/mol. The molecule has 0 bridgehead atoms. The van der Waals surface area contributed by atoms with Gasteiger partial charge in [-0.3, -0.25) is 9.00 Å². The van der Waals surface area contributed by atoms with E-state index in [9.17, 15) is 13.8 Å². The van der Waals surface area contributed by atoms with Crippen LogP contribution < -0.4 is 5.32 Å². The monoisotopic (exact) mass is 397 g/mol. The molecule has 0 unspecified atom stereocenters. The quantitative estimate of drug-likeness (QED) is 0.520. The van der Waals surface area contributed by atoms with Gasteiger partial charge in [0.2, 0.25) is 0 Å². The third-order valence-electron chi connectivity index (χ3n) is 3.14. The van der Waals surface area contributed by atoms with Crippen LogP contribution in [-0.4, -0.2) is 41.2 Å². The lowest BCUT2D eigenvalue weighted by Crippen LogP contribution is -2.30. The second-order valence-electron chi connectivity index (χ2n) is 5.01. The second-order valence-corrected chi connectivity index (χ2v) is 8.49. The summed E-state index contributed by atoms with van der Waals surface area (Å²) in [7, 11) is -1.30. The second kappa shape index (κ2) is 10.4. The molecule has 1 aromatic heterocycles. The van der Waals surface area contributed by atoms with E-state index in [2.05, 4.69) is 11.4 Å². The molecule has 0 aliphatic carbocycles. The largest absolute Gasteiger partial charge is 0.452 e. The number of esters is 1. The molecule has 2 aromatic rings. The van der Waals surface area contributed by atoms with E-state index in [0.29, 0.717) is 11.4 Å². The van der Waals surface area contributed by atoms with Crippen molar-refractivity contribution in [2.75, 3.05) is 25.2 Å². The molecule has 1 atom stereocenters. The Morgan fingerprint density at radius 1 is 1.24 bits per heavy atom. The van der Waals surface area contributed by atoms with E-state index in [-0.39, 0.29) is 18.1 Å². The molecule has 0 aliphatic heterocycles. The Balaban J connectivity index is 1.67. The summed E-state index contributed by atoms with van der Waals surface area (Å²) < 4.78 is 16.6. The van der Waals surface area contributed by atoms with Crippen molar-refractivity contribution in [1.29, 1.82) is 0 Å². The number of rotatable bonds is 9. The summed E-state index contributed by atoms with van der Waals surface area (Å²) in [5, 5.41) is 4.75. The topological polar surface area (TPSA) is 72.5 Å².